The Bertz CT molecular complexity index is 969. The van der Waals surface area contributed by atoms with E-state index in [1.807, 2.05) is 20.8 Å². The lowest BCUT2D eigenvalue weighted by atomic mass is 10.2. The highest BCUT2D eigenvalue weighted by molar-refractivity contribution is 7.92. The molecule has 2 aromatic rings. The van der Waals surface area contributed by atoms with Crippen molar-refractivity contribution >= 4 is 27.6 Å². The van der Waals surface area contributed by atoms with Crippen LogP contribution in [0.5, 0.6) is 5.75 Å². The van der Waals surface area contributed by atoms with Gasteiger partial charge in [-0.3, -0.25) is 9.52 Å². The number of benzene rings is 2. The molecule has 0 aliphatic rings. The average Bonchev–Trinajstić information content (AvgIpc) is 2.73. The number of sulfonamides is 1. The molecular weight excluding hydrogens is 408 g/mol. The van der Waals surface area contributed by atoms with Crippen LogP contribution in [-0.2, 0) is 19.6 Å². The van der Waals surface area contributed by atoms with Gasteiger partial charge in [0.05, 0.1) is 22.8 Å². The van der Waals surface area contributed by atoms with Crippen LogP contribution in [0.1, 0.15) is 31.1 Å². The summed E-state index contributed by atoms with van der Waals surface area (Å²) in [6.45, 7) is 6.55. The Balaban J connectivity index is 2.15. The molecule has 0 saturated heterocycles. The second-order valence-corrected chi connectivity index (χ2v) is 7.88. The molecule has 1 N–H and O–H groups in total. The topological polar surface area (TPSA) is 102 Å². The number of nitrogens with one attached hydrogen (secondary N) is 1. The molecule has 0 bridgehead atoms. The summed E-state index contributed by atoms with van der Waals surface area (Å²) in [6.07, 6.45) is 0. The van der Waals surface area contributed by atoms with Gasteiger partial charge in [-0.05, 0) is 57.2 Å². The minimum absolute atomic E-state index is 0.0133. The first kappa shape index (κ1) is 23.2. The minimum atomic E-state index is -3.94. The van der Waals surface area contributed by atoms with Crippen LogP contribution in [0.3, 0.4) is 0 Å². The van der Waals surface area contributed by atoms with Crippen molar-refractivity contribution in [3.8, 4) is 5.75 Å². The van der Waals surface area contributed by atoms with E-state index in [2.05, 4.69) is 4.72 Å². The molecule has 9 heteroatoms. The lowest BCUT2D eigenvalue weighted by Gasteiger charge is -2.18. The van der Waals surface area contributed by atoms with E-state index in [4.69, 9.17) is 9.47 Å². The van der Waals surface area contributed by atoms with Crippen molar-refractivity contribution in [2.24, 2.45) is 0 Å². The van der Waals surface area contributed by atoms with Gasteiger partial charge in [0.1, 0.15) is 5.75 Å². The fraction of sp³-hybridized carbons (Fsp3) is 0.333. The second-order valence-electron chi connectivity index (χ2n) is 6.20. The zero-order valence-corrected chi connectivity index (χ0v) is 18.1. The molecule has 0 aliphatic carbocycles. The van der Waals surface area contributed by atoms with Gasteiger partial charge in [0.2, 0.25) is 0 Å². The zero-order valence-electron chi connectivity index (χ0n) is 17.3. The van der Waals surface area contributed by atoms with Gasteiger partial charge in [-0.2, -0.15) is 0 Å². The van der Waals surface area contributed by atoms with Crippen molar-refractivity contribution in [3.05, 3.63) is 54.1 Å². The van der Waals surface area contributed by atoms with E-state index >= 15 is 0 Å². The van der Waals surface area contributed by atoms with Crippen LogP contribution in [0.4, 0.5) is 5.69 Å². The second kappa shape index (κ2) is 10.6. The van der Waals surface area contributed by atoms with Crippen molar-refractivity contribution in [2.75, 3.05) is 31.0 Å². The first-order chi connectivity index (χ1) is 14.3. The minimum Gasteiger partial charge on any atom is -0.494 e. The van der Waals surface area contributed by atoms with Gasteiger partial charge in [-0.15, -0.1) is 0 Å². The summed E-state index contributed by atoms with van der Waals surface area (Å²) in [6, 6.07) is 12.0. The van der Waals surface area contributed by atoms with Gasteiger partial charge in [0.25, 0.3) is 15.9 Å². The summed E-state index contributed by atoms with van der Waals surface area (Å²) < 4.78 is 38.2. The number of likely N-dealkylation sites (N-methyl/N-ethyl adjacent to an activating group) is 1. The number of rotatable bonds is 10. The SMILES string of the molecule is CCOc1ccc(S(=O)(=O)Nc2ccccc2C(=O)OCC(=O)N(CC)CC)cc1. The van der Waals surface area contributed by atoms with E-state index in [0.29, 0.717) is 25.4 Å². The van der Waals surface area contributed by atoms with Crippen LogP contribution < -0.4 is 9.46 Å². The highest BCUT2D eigenvalue weighted by Gasteiger charge is 2.21. The average molecular weight is 435 g/mol. The van der Waals surface area contributed by atoms with Gasteiger partial charge in [-0.25, -0.2) is 13.2 Å². The summed E-state index contributed by atoms with van der Waals surface area (Å²) in [5, 5.41) is 0. The van der Waals surface area contributed by atoms with E-state index in [1.165, 1.54) is 29.2 Å². The molecule has 0 heterocycles. The standard InChI is InChI=1S/C21H26N2O6S/c1-4-23(5-2)20(24)15-29-21(25)18-9-7-8-10-19(18)22-30(26,27)17-13-11-16(12-14-17)28-6-3/h7-14,22H,4-6,15H2,1-3H3. The number of carbonyl (C=O) groups excluding carboxylic acids is 2. The largest absolute Gasteiger partial charge is 0.494 e. The number of anilines is 1. The Morgan fingerprint density at radius 3 is 2.20 bits per heavy atom. The third kappa shape index (κ3) is 5.96. The fourth-order valence-corrected chi connectivity index (χ4v) is 3.79. The summed E-state index contributed by atoms with van der Waals surface area (Å²) in [4.78, 5) is 26.1. The summed E-state index contributed by atoms with van der Waals surface area (Å²) in [5.41, 5.74) is 0.0750. The maximum atomic E-state index is 12.7. The molecule has 162 valence electrons. The molecule has 0 aliphatic heterocycles. The number of amides is 1. The van der Waals surface area contributed by atoms with Crippen molar-refractivity contribution in [3.63, 3.8) is 0 Å². The number of nitrogens with zero attached hydrogens (tertiary/aromatic N) is 1. The maximum absolute atomic E-state index is 12.7. The Labute approximate surface area is 176 Å². The molecule has 0 unspecified atom stereocenters. The van der Waals surface area contributed by atoms with Crippen LogP contribution >= 0.6 is 0 Å². The summed E-state index contributed by atoms with van der Waals surface area (Å²) >= 11 is 0. The number of carbonyl (C=O) groups is 2. The van der Waals surface area contributed by atoms with Gasteiger partial charge in [0.15, 0.2) is 6.61 Å². The third-order valence-corrected chi connectivity index (χ3v) is 5.66. The van der Waals surface area contributed by atoms with Crippen molar-refractivity contribution in [2.45, 2.75) is 25.7 Å². The van der Waals surface area contributed by atoms with Crippen LogP contribution in [0, 0.1) is 0 Å². The molecule has 1 amide bonds. The lowest BCUT2D eigenvalue weighted by Crippen LogP contribution is -2.34. The van der Waals surface area contributed by atoms with Crippen LogP contribution in [-0.4, -0.2) is 51.5 Å². The molecule has 2 aromatic carbocycles. The molecule has 0 fully saturated rings. The van der Waals surface area contributed by atoms with Crippen LogP contribution in [0.15, 0.2) is 53.4 Å². The highest BCUT2D eigenvalue weighted by Crippen LogP contribution is 2.22. The van der Waals surface area contributed by atoms with Crippen molar-refractivity contribution in [1.82, 2.24) is 4.90 Å². The summed E-state index contributed by atoms with van der Waals surface area (Å²) in [5.74, 6) is -0.556. The van der Waals surface area contributed by atoms with E-state index in [9.17, 15) is 18.0 Å². The Morgan fingerprint density at radius 2 is 1.60 bits per heavy atom. The van der Waals surface area contributed by atoms with Gasteiger partial charge in [-0.1, -0.05) is 12.1 Å². The number of para-hydroxylation sites is 1. The molecule has 30 heavy (non-hydrogen) atoms. The van der Waals surface area contributed by atoms with E-state index in [-0.39, 0.29) is 22.1 Å². The number of hydrogen-bond acceptors (Lipinski definition) is 6. The predicted molar refractivity (Wildman–Crippen MR) is 113 cm³/mol. The van der Waals surface area contributed by atoms with E-state index in [0.717, 1.165) is 0 Å². The molecule has 0 atom stereocenters. The van der Waals surface area contributed by atoms with Crippen LogP contribution in [0.2, 0.25) is 0 Å². The maximum Gasteiger partial charge on any atom is 0.340 e. The first-order valence-corrected chi connectivity index (χ1v) is 11.1. The molecule has 0 spiro atoms. The third-order valence-electron chi connectivity index (χ3n) is 4.28. The van der Waals surface area contributed by atoms with Gasteiger partial charge < -0.3 is 14.4 Å². The van der Waals surface area contributed by atoms with E-state index in [1.54, 1.807) is 24.3 Å². The lowest BCUT2D eigenvalue weighted by molar-refractivity contribution is -0.134. The highest BCUT2D eigenvalue weighted by atomic mass is 32.2. The molecule has 0 radical (unpaired) electrons. The molecule has 0 saturated carbocycles. The quantitative estimate of drug-likeness (QED) is 0.577. The zero-order chi connectivity index (χ0) is 22.1. The fourth-order valence-electron chi connectivity index (χ4n) is 2.71. The Morgan fingerprint density at radius 1 is 0.967 bits per heavy atom. The van der Waals surface area contributed by atoms with Gasteiger partial charge >= 0.3 is 5.97 Å². The normalized spacial score (nSPS) is 10.9. The smallest absolute Gasteiger partial charge is 0.340 e. The number of hydrogen-bond donors (Lipinski definition) is 1. The monoisotopic (exact) mass is 434 g/mol. The van der Waals surface area contributed by atoms with Crippen molar-refractivity contribution < 1.29 is 27.5 Å². The van der Waals surface area contributed by atoms with E-state index < -0.39 is 22.6 Å². The molecule has 0 aromatic heterocycles. The Kier molecular flexibility index (Phi) is 8.23. The first-order valence-electron chi connectivity index (χ1n) is 9.62. The van der Waals surface area contributed by atoms with Crippen LogP contribution in [0.25, 0.3) is 0 Å². The molecule has 2 rings (SSSR count). The molecular formula is C21H26N2O6S. The summed E-state index contributed by atoms with van der Waals surface area (Å²) in [7, 11) is -3.94. The number of esters is 1. The molecule has 8 nitrogen and oxygen atoms in total. The number of ether oxygens (including phenoxy) is 2. The predicted octanol–water partition coefficient (Wildman–Crippen LogP) is 2.91. The Hall–Kier alpha value is -3.07. The van der Waals surface area contributed by atoms with Gasteiger partial charge in [0, 0.05) is 13.1 Å². The van der Waals surface area contributed by atoms with Crippen molar-refractivity contribution in [1.29, 1.82) is 0 Å².